The summed E-state index contributed by atoms with van der Waals surface area (Å²) in [6, 6.07) is 7.91. The van der Waals surface area contributed by atoms with E-state index in [4.69, 9.17) is 5.73 Å². The molecule has 25 heavy (non-hydrogen) atoms. The summed E-state index contributed by atoms with van der Waals surface area (Å²) in [5, 5.41) is 5.44. The van der Waals surface area contributed by atoms with E-state index in [0.29, 0.717) is 12.8 Å². The molecule has 0 fully saturated rings. The number of rotatable bonds is 9. The normalized spacial score (nSPS) is 13.4. The third-order valence-electron chi connectivity index (χ3n) is 3.81. The molecule has 0 aliphatic carbocycles. The minimum absolute atomic E-state index is 0.204. The molecular weight excluding hydrogens is 318 g/mol. The van der Waals surface area contributed by atoms with Crippen LogP contribution in [0.15, 0.2) is 30.3 Å². The van der Waals surface area contributed by atoms with Gasteiger partial charge >= 0.3 is 0 Å². The number of primary amides is 1. The van der Waals surface area contributed by atoms with E-state index in [9.17, 15) is 14.4 Å². The van der Waals surface area contributed by atoms with Crippen molar-refractivity contribution >= 4 is 17.7 Å². The molecule has 0 saturated carbocycles. The van der Waals surface area contributed by atoms with Gasteiger partial charge in [-0.3, -0.25) is 14.4 Å². The molecule has 0 aliphatic heterocycles. The molecule has 0 aromatic heterocycles. The highest BCUT2D eigenvalue weighted by Crippen LogP contribution is 2.08. The summed E-state index contributed by atoms with van der Waals surface area (Å²) in [4.78, 5) is 36.3. The first-order valence-electron chi connectivity index (χ1n) is 8.64. The van der Waals surface area contributed by atoms with E-state index in [1.54, 1.807) is 13.8 Å². The van der Waals surface area contributed by atoms with Gasteiger partial charge in [-0.2, -0.15) is 0 Å². The van der Waals surface area contributed by atoms with E-state index in [1.807, 2.05) is 44.2 Å². The predicted molar refractivity (Wildman–Crippen MR) is 97.5 cm³/mol. The molecule has 1 rings (SSSR count). The SMILES string of the molecule is CC(C)C[C@H](NC(=O)[C@H](Cc1ccccc1)NC(=O)C(C)C)C(N)=O. The van der Waals surface area contributed by atoms with Crippen LogP contribution in [-0.2, 0) is 20.8 Å². The van der Waals surface area contributed by atoms with Gasteiger partial charge in [-0.25, -0.2) is 0 Å². The van der Waals surface area contributed by atoms with Crippen LogP contribution in [0.25, 0.3) is 0 Å². The van der Waals surface area contributed by atoms with Crippen molar-refractivity contribution in [3.8, 4) is 0 Å². The zero-order valence-electron chi connectivity index (χ0n) is 15.4. The summed E-state index contributed by atoms with van der Waals surface area (Å²) in [5.74, 6) is -1.22. The third kappa shape index (κ3) is 7.37. The van der Waals surface area contributed by atoms with Crippen LogP contribution in [0.1, 0.15) is 39.7 Å². The van der Waals surface area contributed by atoms with Crippen molar-refractivity contribution in [3.63, 3.8) is 0 Å². The van der Waals surface area contributed by atoms with Crippen LogP contribution < -0.4 is 16.4 Å². The second-order valence-corrected chi connectivity index (χ2v) is 7.00. The van der Waals surface area contributed by atoms with Crippen molar-refractivity contribution in [2.75, 3.05) is 0 Å². The van der Waals surface area contributed by atoms with Crippen LogP contribution in [-0.4, -0.2) is 29.8 Å². The summed E-state index contributed by atoms with van der Waals surface area (Å²) in [7, 11) is 0. The Bertz CT molecular complexity index is 585. The maximum atomic E-state index is 12.7. The van der Waals surface area contributed by atoms with E-state index < -0.39 is 23.9 Å². The van der Waals surface area contributed by atoms with Crippen LogP contribution in [0.4, 0.5) is 0 Å². The van der Waals surface area contributed by atoms with Gasteiger partial charge in [0.2, 0.25) is 17.7 Å². The first-order valence-corrected chi connectivity index (χ1v) is 8.64. The topological polar surface area (TPSA) is 101 Å². The molecule has 0 bridgehead atoms. The van der Waals surface area contributed by atoms with E-state index in [-0.39, 0.29) is 17.7 Å². The predicted octanol–water partition coefficient (Wildman–Crippen LogP) is 1.39. The first-order chi connectivity index (χ1) is 11.7. The van der Waals surface area contributed by atoms with Crippen LogP contribution in [0, 0.1) is 11.8 Å². The highest BCUT2D eigenvalue weighted by molar-refractivity contribution is 5.92. The second-order valence-electron chi connectivity index (χ2n) is 7.00. The van der Waals surface area contributed by atoms with E-state index in [1.165, 1.54) is 0 Å². The van der Waals surface area contributed by atoms with Crippen molar-refractivity contribution in [1.82, 2.24) is 10.6 Å². The average Bonchev–Trinajstić information content (AvgIpc) is 2.53. The fraction of sp³-hybridized carbons (Fsp3) is 0.526. The van der Waals surface area contributed by atoms with Gasteiger partial charge in [-0.15, -0.1) is 0 Å². The summed E-state index contributed by atoms with van der Waals surface area (Å²) in [6.45, 7) is 7.42. The summed E-state index contributed by atoms with van der Waals surface area (Å²) in [6.07, 6.45) is 0.801. The fourth-order valence-corrected chi connectivity index (χ4v) is 2.39. The minimum Gasteiger partial charge on any atom is -0.368 e. The summed E-state index contributed by atoms with van der Waals surface area (Å²) < 4.78 is 0. The molecule has 1 aromatic carbocycles. The number of nitrogens with one attached hydrogen (secondary N) is 2. The van der Waals surface area contributed by atoms with Gasteiger partial charge in [0.05, 0.1) is 0 Å². The van der Waals surface area contributed by atoms with Gasteiger partial charge in [-0.05, 0) is 17.9 Å². The Balaban J connectivity index is 2.90. The van der Waals surface area contributed by atoms with Gasteiger partial charge in [0.25, 0.3) is 0 Å². The molecule has 3 amide bonds. The van der Waals surface area contributed by atoms with Crippen molar-refractivity contribution in [1.29, 1.82) is 0 Å². The maximum absolute atomic E-state index is 12.7. The van der Waals surface area contributed by atoms with E-state index >= 15 is 0 Å². The molecule has 0 unspecified atom stereocenters. The van der Waals surface area contributed by atoms with Gasteiger partial charge in [0.1, 0.15) is 12.1 Å². The number of amides is 3. The fourth-order valence-electron chi connectivity index (χ4n) is 2.39. The third-order valence-corrected chi connectivity index (χ3v) is 3.81. The van der Waals surface area contributed by atoms with Gasteiger partial charge in [0.15, 0.2) is 0 Å². The molecule has 0 heterocycles. The minimum atomic E-state index is -0.758. The Morgan fingerprint density at radius 1 is 0.920 bits per heavy atom. The standard InChI is InChI=1S/C19H29N3O3/c1-12(2)10-15(17(20)23)21-19(25)16(22-18(24)13(3)4)11-14-8-6-5-7-9-14/h5-9,12-13,15-16H,10-11H2,1-4H3,(H2,20,23)(H,21,25)(H,22,24)/t15-,16-/m0/s1. The maximum Gasteiger partial charge on any atom is 0.243 e. The molecule has 0 aliphatic rings. The number of nitrogens with two attached hydrogens (primary N) is 1. The molecule has 6 heteroatoms. The first kappa shape index (κ1) is 20.7. The van der Waals surface area contributed by atoms with Gasteiger partial charge in [-0.1, -0.05) is 58.0 Å². The molecular formula is C19H29N3O3. The summed E-state index contributed by atoms with van der Waals surface area (Å²) in [5.41, 5.74) is 6.32. The van der Waals surface area contributed by atoms with E-state index in [2.05, 4.69) is 10.6 Å². The van der Waals surface area contributed by atoms with Crippen molar-refractivity contribution < 1.29 is 14.4 Å². The van der Waals surface area contributed by atoms with Crippen molar-refractivity contribution in [2.24, 2.45) is 17.6 Å². The molecule has 0 spiro atoms. The Kier molecular flexibility index (Phi) is 8.11. The summed E-state index contributed by atoms with van der Waals surface area (Å²) >= 11 is 0. The van der Waals surface area contributed by atoms with Crippen LogP contribution in [0.2, 0.25) is 0 Å². The zero-order valence-corrected chi connectivity index (χ0v) is 15.4. The number of benzene rings is 1. The molecule has 0 saturated heterocycles. The zero-order chi connectivity index (χ0) is 19.0. The molecule has 2 atom stereocenters. The Hall–Kier alpha value is -2.37. The lowest BCUT2D eigenvalue weighted by Crippen LogP contribution is -2.54. The molecule has 4 N–H and O–H groups in total. The van der Waals surface area contributed by atoms with Gasteiger partial charge < -0.3 is 16.4 Å². The van der Waals surface area contributed by atoms with Crippen LogP contribution in [0.3, 0.4) is 0 Å². The monoisotopic (exact) mass is 347 g/mol. The Morgan fingerprint density at radius 2 is 1.48 bits per heavy atom. The van der Waals surface area contributed by atoms with E-state index in [0.717, 1.165) is 5.56 Å². The van der Waals surface area contributed by atoms with Crippen molar-refractivity contribution in [3.05, 3.63) is 35.9 Å². The Labute approximate surface area is 149 Å². The second kappa shape index (κ2) is 9.81. The molecule has 0 radical (unpaired) electrons. The molecule has 138 valence electrons. The quantitative estimate of drug-likeness (QED) is 0.629. The number of hydrogen-bond donors (Lipinski definition) is 3. The smallest absolute Gasteiger partial charge is 0.243 e. The highest BCUT2D eigenvalue weighted by Gasteiger charge is 2.26. The average molecular weight is 347 g/mol. The Morgan fingerprint density at radius 3 is 1.96 bits per heavy atom. The number of carbonyl (C=O) groups excluding carboxylic acids is 3. The lowest BCUT2D eigenvalue weighted by Gasteiger charge is -2.23. The number of hydrogen-bond acceptors (Lipinski definition) is 3. The van der Waals surface area contributed by atoms with Crippen LogP contribution in [0.5, 0.6) is 0 Å². The highest BCUT2D eigenvalue weighted by atomic mass is 16.2. The number of carbonyl (C=O) groups is 3. The van der Waals surface area contributed by atoms with Crippen molar-refractivity contribution in [2.45, 2.75) is 52.6 Å². The lowest BCUT2D eigenvalue weighted by molar-refractivity contribution is -0.132. The lowest BCUT2D eigenvalue weighted by atomic mass is 10.0. The molecule has 1 aromatic rings. The molecule has 6 nitrogen and oxygen atoms in total. The van der Waals surface area contributed by atoms with Gasteiger partial charge in [0, 0.05) is 12.3 Å². The largest absolute Gasteiger partial charge is 0.368 e. The van der Waals surface area contributed by atoms with Crippen LogP contribution >= 0.6 is 0 Å².